The van der Waals surface area contributed by atoms with Gasteiger partial charge in [0.25, 0.3) is 0 Å². The van der Waals surface area contributed by atoms with Crippen molar-refractivity contribution in [3.63, 3.8) is 0 Å². The van der Waals surface area contributed by atoms with Crippen LogP contribution >= 0.6 is 15.9 Å². The molecule has 0 unspecified atom stereocenters. The standard InChI is InChI=1S/C11H7BrF6O2/c1-20-9(19)3-5-2-6(10(13,14)15)7(4-8(5)12)11(16,17)18/h2,4H,3H2,1H3. The number of hydrogen-bond acceptors (Lipinski definition) is 2. The first-order valence-electron chi connectivity index (χ1n) is 5.00. The number of ether oxygens (including phenoxy) is 1. The highest BCUT2D eigenvalue weighted by atomic mass is 79.9. The smallest absolute Gasteiger partial charge is 0.417 e. The minimum Gasteiger partial charge on any atom is -0.469 e. The summed E-state index contributed by atoms with van der Waals surface area (Å²) in [6, 6.07) is 0.602. The molecule has 1 aromatic rings. The molecule has 9 heteroatoms. The Kier molecular flexibility index (Phi) is 4.73. The minimum atomic E-state index is -5.18. The zero-order valence-corrected chi connectivity index (χ0v) is 11.4. The van der Waals surface area contributed by atoms with Crippen molar-refractivity contribution >= 4 is 21.9 Å². The van der Waals surface area contributed by atoms with E-state index in [-0.39, 0.29) is 10.0 Å². The van der Waals surface area contributed by atoms with Crippen LogP contribution in [0.5, 0.6) is 0 Å². The number of methoxy groups -OCH3 is 1. The summed E-state index contributed by atoms with van der Waals surface area (Å²) in [5.41, 5.74) is -3.89. The van der Waals surface area contributed by atoms with Crippen LogP contribution in [0.25, 0.3) is 0 Å². The number of esters is 1. The van der Waals surface area contributed by atoms with Gasteiger partial charge in [-0.15, -0.1) is 0 Å². The first kappa shape index (κ1) is 16.8. The molecule has 0 spiro atoms. The molecule has 20 heavy (non-hydrogen) atoms. The molecule has 112 valence electrons. The molecule has 0 aliphatic heterocycles. The van der Waals surface area contributed by atoms with Gasteiger partial charge in [-0.05, 0) is 17.7 Å². The van der Waals surface area contributed by atoms with Crippen LogP contribution in [0, 0.1) is 0 Å². The van der Waals surface area contributed by atoms with E-state index in [1.165, 1.54) is 0 Å². The van der Waals surface area contributed by atoms with Crippen LogP contribution in [-0.2, 0) is 28.3 Å². The fourth-order valence-electron chi connectivity index (χ4n) is 1.45. The molecule has 0 heterocycles. The first-order valence-corrected chi connectivity index (χ1v) is 5.79. The number of halogens is 7. The molecule has 0 bridgehead atoms. The van der Waals surface area contributed by atoms with Crippen LogP contribution in [0.1, 0.15) is 16.7 Å². The molecule has 1 aromatic carbocycles. The summed E-state index contributed by atoms with van der Waals surface area (Å²) in [5, 5.41) is 0. The number of carbonyl (C=O) groups excluding carboxylic acids is 1. The Morgan fingerprint density at radius 2 is 1.55 bits per heavy atom. The maximum atomic E-state index is 12.7. The highest BCUT2D eigenvalue weighted by Crippen LogP contribution is 2.42. The molecule has 0 saturated carbocycles. The summed E-state index contributed by atoms with van der Waals surface area (Å²) in [4.78, 5) is 11.0. The highest BCUT2D eigenvalue weighted by Gasteiger charge is 2.43. The average molecular weight is 365 g/mol. The maximum Gasteiger partial charge on any atom is 0.417 e. The number of alkyl halides is 6. The fourth-order valence-corrected chi connectivity index (χ4v) is 1.93. The van der Waals surface area contributed by atoms with Crippen LogP contribution in [0.4, 0.5) is 26.3 Å². The zero-order chi connectivity index (χ0) is 15.7. The van der Waals surface area contributed by atoms with Crippen molar-refractivity contribution in [2.24, 2.45) is 0 Å². The molecule has 2 nitrogen and oxygen atoms in total. The van der Waals surface area contributed by atoms with Crippen LogP contribution in [0.3, 0.4) is 0 Å². The van der Waals surface area contributed by atoms with E-state index in [1.54, 1.807) is 0 Å². The third kappa shape index (κ3) is 3.87. The van der Waals surface area contributed by atoms with Crippen LogP contribution < -0.4 is 0 Å². The van der Waals surface area contributed by atoms with Crippen molar-refractivity contribution in [3.05, 3.63) is 33.3 Å². The van der Waals surface area contributed by atoms with Crippen molar-refractivity contribution in [1.82, 2.24) is 0 Å². The second kappa shape index (κ2) is 5.63. The van der Waals surface area contributed by atoms with Crippen LogP contribution in [0.2, 0.25) is 0 Å². The van der Waals surface area contributed by atoms with E-state index < -0.39 is 35.9 Å². The van der Waals surface area contributed by atoms with Crippen molar-refractivity contribution in [2.75, 3.05) is 7.11 Å². The third-order valence-corrected chi connectivity index (χ3v) is 3.10. The Hall–Kier alpha value is -1.25. The average Bonchev–Trinajstić information content (AvgIpc) is 2.28. The van der Waals surface area contributed by atoms with Crippen LogP contribution in [-0.4, -0.2) is 13.1 Å². The predicted octanol–water partition coefficient (Wildman–Crippen LogP) is 4.20. The molecule has 0 radical (unpaired) electrons. The molecular weight excluding hydrogens is 358 g/mol. The zero-order valence-electron chi connectivity index (χ0n) is 9.82. The lowest BCUT2D eigenvalue weighted by molar-refractivity contribution is -0.162. The summed E-state index contributed by atoms with van der Waals surface area (Å²) < 4.78 is 79.9. The summed E-state index contributed by atoms with van der Waals surface area (Å²) in [7, 11) is 1.02. The summed E-state index contributed by atoms with van der Waals surface area (Å²) in [6.45, 7) is 0. The molecule has 0 aliphatic carbocycles. The van der Waals surface area contributed by atoms with Gasteiger partial charge in [-0.25, -0.2) is 0 Å². The Labute approximate surface area is 117 Å². The monoisotopic (exact) mass is 364 g/mol. The molecule has 0 aromatic heterocycles. The fraction of sp³-hybridized carbons (Fsp3) is 0.364. The number of hydrogen-bond donors (Lipinski definition) is 0. The van der Waals surface area contributed by atoms with E-state index in [2.05, 4.69) is 20.7 Å². The van der Waals surface area contributed by atoms with Gasteiger partial charge < -0.3 is 4.74 Å². The molecule has 0 amide bonds. The minimum absolute atomic E-state index is 0.239. The first-order chi connectivity index (χ1) is 8.96. The van der Waals surface area contributed by atoms with E-state index in [4.69, 9.17) is 0 Å². The van der Waals surface area contributed by atoms with Crippen molar-refractivity contribution in [2.45, 2.75) is 18.8 Å². The van der Waals surface area contributed by atoms with Gasteiger partial charge in [0.1, 0.15) is 0 Å². The molecule has 1 rings (SSSR count). The second-order valence-electron chi connectivity index (χ2n) is 3.74. The quantitative estimate of drug-likeness (QED) is 0.580. The lowest BCUT2D eigenvalue weighted by atomic mass is 10.0. The summed E-state index contributed by atoms with van der Waals surface area (Å²) in [6.07, 6.45) is -10.9. The molecule has 0 saturated heterocycles. The van der Waals surface area contributed by atoms with Crippen molar-refractivity contribution < 1.29 is 35.9 Å². The second-order valence-corrected chi connectivity index (χ2v) is 4.59. The lowest BCUT2D eigenvalue weighted by Gasteiger charge is -2.17. The number of carbonyl (C=O) groups is 1. The Balaban J connectivity index is 3.44. The SMILES string of the molecule is COC(=O)Cc1cc(C(F)(F)F)c(C(F)(F)F)cc1Br. The van der Waals surface area contributed by atoms with Gasteiger partial charge >= 0.3 is 18.3 Å². The number of benzene rings is 1. The van der Waals surface area contributed by atoms with Gasteiger partial charge in [-0.1, -0.05) is 15.9 Å². The van der Waals surface area contributed by atoms with Crippen LogP contribution in [0.15, 0.2) is 16.6 Å². The van der Waals surface area contributed by atoms with Gasteiger partial charge in [0.05, 0.1) is 24.7 Å². The molecule has 0 aliphatic rings. The third-order valence-electron chi connectivity index (χ3n) is 2.36. The van der Waals surface area contributed by atoms with Gasteiger partial charge in [0, 0.05) is 4.47 Å². The van der Waals surface area contributed by atoms with Gasteiger partial charge in [0.2, 0.25) is 0 Å². The predicted molar refractivity (Wildman–Crippen MR) is 59.9 cm³/mol. The van der Waals surface area contributed by atoms with E-state index in [9.17, 15) is 31.1 Å². The normalized spacial score (nSPS) is 12.4. The molecular formula is C11H7BrF6O2. The van der Waals surface area contributed by atoms with E-state index in [1.807, 2.05) is 0 Å². The largest absolute Gasteiger partial charge is 0.469 e. The molecule has 0 N–H and O–H groups in total. The summed E-state index contributed by atoms with van der Waals surface area (Å²) >= 11 is 2.72. The lowest BCUT2D eigenvalue weighted by Crippen LogP contribution is -2.18. The van der Waals surface area contributed by atoms with Crippen molar-refractivity contribution in [1.29, 1.82) is 0 Å². The molecule has 0 atom stereocenters. The maximum absolute atomic E-state index is 12.7. The van der Waals surface area contributed by atoms with E-state index in [0.717, 1.165) is 7.11 Å². The van der Waals surface area contributed by atoms with Gasteiger partial charge in [-0.2, -0.15) is 26.3 Å². The van der Waals surface area contributed by atoms with E-state index in [0.29, 0.717) is 12.1 Å². The summed E-state index contributed by atoms with van der Waals surface area (Å²) in [5.74, 6) is -0.862. The van der Waals surface area contributed by atoms with Crippen molar-refractivity contribution in [3.8, 4) is 0 Å². The highest BCUT2D eigenvalue weighted by molar-refractivity contribution is 9.10. The van der Waals surface area contributed by atoms with Gasteiger partial charge in [-0.3, -0.25) is 4.79 Å². The van der Waals surface area contributed by atoms with Gasteiger partial charge in [0.15, 0.2) is 0 Å². The Morgan fingerprint density at radius 1 is 1.10 bits per heavy atom. The Morgan fingerprint density at radius 3 is 1.95 bits per heavy atom. The number of rotatable bonds is 2. The Bertz CT molecular complexity index is 521. The van der Waals surface area contributed by atoms with E-state index >= 15 is 0 Å². The molecule has 0 fully saturated rings. The topological polar surface area (TPSA) is 26.3 Å².